The Balaban J connectivity index is 1.63. The van der Waals surface area contributed by atoms with Gasteiger partial charge in [0.1, 0.15) is 0 Å². The fraction of sp³-hybridized carbons (Fsp3) is 0.588. The Morgan fingerprint density at radius 2 is 2.00 bits per heavy atom. The lowest BCUT2D eigenvalue weighted by Crippen LogP contribution is -2.27. The van der Waals surface area contributed by atoms with Crippen molar-refractivity contribution in [3.63, 3.8) is 0 Å². The molecule has 1 heterocycles. The molecule has 2 aliphatic rings. The van der Waals surface area contributed by atoms with Crippen LogP contribution >= 0.6 is 0 Å². The van der Waals surface area contributed by atoms with Crippen LogP contribution in [-0.4, -0.2) is 19.0 Å². The van der Waals surface area contributed by atoms with Gasteiger partial charge in [-0.1, -0.05) is 27.7 Å². The maximum absolute atomic E-state index is 12.3. The summed E-state index contributed by atoms with van der Waals surface area (Å²) in [7, 11) is 0. The van der Waals surface area contributed by atoms with Crippen LogP contribution in [0.1, 0.15) is 43.6 Å². The summed E-state index contributed by atoms with van der Waals surface area (Å²) < 4.78 is 0. The molecule has 2 N–H and O–H groups in total. The molecular weight excluding hydrogens is 248 g/mol. The van der Waals surface area contributed by atoms with Gasteiger partial charge >= 0.3 is 0 Å². The van der Waals surface area contributed by atoms with Crippen molar-refractivity contribution in [1.82, 2.24) is 5.32 Å². The fourth-order valence-corrected chi connectivity index (χ4v) is 3.59. The van der Waals surface area contributed by atoms with Crippen LogP contribution < -0.4 is 10.6 Å². The van der Waals surface area contributed by atoms with Gasteiger partial charge in [0, 0.05) is 24.3 Å². The molecule has 0 atom stereocenters. The number of rotatable bonds is 3. The van der Waals surface area contributed by atoms with Gasteiger partial charge in [0.05, 0.1) is 0 Å². The second-order valence-corrected chi connectivity index (χ2v) is 7.25. The largest absolute Gasteiger partial charge is 0.384 e. The molecule has 0 aromatic heterocycles. The number of amides is 1. The van der Waals surface area contributed by atoms with E-state index in [1.807, 2.05) is 18.2 Å². The first kappa shape index (κ1) is 13.5. The smallest absolute Gasteiger partial charge is 0.251 e. The Bertz CT molecular complexity index is 546. The minimum Gasteiger partial charge on any atom is -0.384 e. The molecule has 0 bridgehead atoms. The summed E-state index contributed by atoms with van der Waals surface area (Å²) in [4.78, 5) is 12.3. The monoisotopic (exact) mass is 272 g/mol. The number of benzene rings is 1. The number of hydrogen-bond donors (Lipinski definition) is 2. The molecule has 1 aliphatic carbocycles. The van der Waals surface area contributed by atoms with Gasteiger partial charge < -0.3 is 10.6 Å². The summed E-state index contributed by atoms with van der Waals surface area (Å²) in [5, 5.41) is 6.42. The molecule has 1 aromatic carbocycles. The Morgan fingerprint density at radius 3 is 2.65 bits per heavy atom. The van der Waals surface area contributed by atoms with E-state index in [4.69, 9.17) is 0 Å². The molecule has 0 spiro atoms. The number of anilines is 1. The Labute approximate surface area is 121 Å². The summed E-state index contributed by atoms with van der Waals surface area (Å²) >= 11 is 0. The lowest BCUT2D eigenvalue weighted by atomic mass is 10.0. The van der Waals surface area contributed by atoms with E-state index in [0.29, 0.717) is 16.7 Å². The predicted octanol–water partition coefficient (Wildman–Crippen LogP) is 3.07. The van der Waals surface area contributed by atoms with Crippen molar-refractivity contribution in [2.45, 2.75) is 34.1 Å². The van der Waals surface area contributed by atoms with Crippen LogP contribution in [0.2, 0.25) is 0 Å². The van der Waals surface area contributed by atoms with E-state index < -0.39 is 0 Å². The van der Waals surface area contributed by atoms with Crippen LogP contribution in [0.25, 0.3) is 0 Å². The van der Waals surface area contributed by atoms with Crippen LogP contribution in [0.5, 0.6) is 0 Å². The highest BCUT2D eigenvalue weighted by Crippen LogP contribution is 2.67. The van der Waals surface area contributed by atoms with Gasteiger partial charge in [-0.3, -0.25) is 4.79 Å². The topological polar surface area (TPSA) is 41.1 Å². The number of nitrogens with one attached hydrogen (secondary N) is 2. The minimum atomic E-state index is 0.0539. The van der Waals surface area contributed by atoms with Crippen molar-refractivity contribution in [2.24, 2.45) is 16.7 Å². The van der Waals surface area contributed by atoms with Crippen LogP contribution in [0.15, 0.2) is 18.2 Å². The van der Waals surface area contributed by atoms with E-state index in [0.717, 1.165) is 25.1 Å². The molecule has 0 saturated heterocycles. The first-order chi connectivity index (χ1) is 9.34. The third kappa shape index (κ3) is 1.91. The van der Waals surface area contributed by atoms with Crippen molar-refractivity contribution in [3.05, 3.63) is 29.3 Å². The zero-order valence-corrected chi connectivity index (χ0v) is 12.8. The zero-order chi connectivity index (χ0) is 14.5. The van der Waals surface area contributed by atoms with Gasteiger partial charge in [-0.2, -0.15) is 0 Å². The molecule has 1 saturated carbocycles. The van der Waals surface area contributed by atoms with Gasteiger partial charge in [-0.15, -0.1) is 0 Å². The Hall–Kier alpha value is -1.51. The highest BCUT2D eigenvalue weighted by atomic mass is 16.1. The van der Waals surface area contributed by atoms with Crippen LogP contribution in [0, 0.1) is 16.7 Å². The molecule has 0 radical (unpaired) electrons. The van der Waals surface area contributed by atoms with Crippen LogP contribution in [0.3, 0.4) is 0 Å². The normalized spacial score (nSPS) is 22.0. The van der Waals surface area contributed by atoms with Crippen molar-refractivity contribution >= 4 is 11.6 Å². The third-order valence-electron chi connectivity index (χ3n) is 5.86. The van der Waals surface area contributed by atoms with E-state index in [1.54, 1.807) is 0 Å². The molecule has 1 aromatic rings. The summed E-state index contributed by atoms with van der Waals surface area (Å²) in [6.07, 6.45) is 1.01. The minimum absolute atomic E-state index is 0.0539. The van der Waals surface area contributed by atoms with Crippen molar-refractivity contribution in [3.8, 4) is 0 Å². The van der Waals surface area contributed by atoms with Gasteiger partial charge in [0.25, 0.3) is 5.91 Å². The SMILES string of the molecule is CC1(C)C(CNC(=O)c2ccc3c(c2)CCN3)C1(C)C. The summed E-state index contributed by atoms with van der Waals surface area (Å²) in [6, 6.07) is 5.95. The first-order valence-corrected chi connectivity index (χ1v) is 7.49. The number of carbonyl (C=O) groups excluding carboxylic acids is 1. The van der Waals surface area contributed by atoms with E-state index in [-0.39, 0.29) is 5.91 Å². The van der Waals surface area contributed by atoms with E-state index in [2.05, 4.69) is 38.3 Å². The highest BCUT2D eigenvalue weighted by molar-refractivity contribution is 5.95. The fourth-order valence-electron chi connectivity index (χ4n) is 3.59. The Kier molecular flexibility index (Phi) is 2.86. The molecule has 1 amide bonds. The standard InChI is InChI=1S/C17H24N2O/c1-16(2)14(17(16,3)4)10-19-15(20)12-5-6-13-11(9-12)7-8-18-13/h5-6,9,14,18H,7-8,10H2,1-4H3,(H,19,20). The van der Waals surface area contributed by atoms with Crippen LogP contribution in [0.4, 0.5) is 5.69 Å². The Morgan fingerprint density at radius 1 is 1.30 bits per heavy atom. The number of hydrogen-bond acceptors (Lipinski definition) is 2. The van der Waals surface area contributed by atoms with Crippen molar-refractivity contribution in [2.75, 3.05) is 18.4 Å². The lowest BCUT2D eigenvalue weighted by molar-refractivity contribution is 0.0950. The van der Waals surface area contributed by atoms with E-state index >= 15 is 0 Å². The van der Waals surface area contributed by atoms with Gasteiger partial charge in [0.2, 0.25) is 0 Å². The maximum atomic E-state index is 12.3. The average molecular weight is 272 g/mol. The van der Waals surface area contributed by atoms with Crippen molar-refractivity contribution in [1.29, 1.82) is 0 Å². The second-order valence-electron chi connectivity index (χ2n) is 7.25. The molecule has 1 fully saturated rings. The quantitative estimate of drug-likeness (QED) is 0.888. The molecule has 1 aliphatic heterocycles. The summed E-state index contributed by atoms with van der Waals surface area (Å²) in [6.45, 7) is 10.9. The number of carbonyl (C=O) groups is 1. The molecule has 108 valence electrons. The first-order valence-electron chi connectivity index (χ1n) is 7.49. The molecule has 0 unspecified atom stereocenters. The van der Waals surface area contributed by atoms with Gasteiger partial charge in [-0.05, 0) is 46.9 Å². The summed E-state index contributed by atoms with van der Waals surface area (Å²) in [5.74, 6) is 0.619. The molecule has 20 heavy (non-hydrogen) atoms. The van der Waals surface area contributed by atoms with Crippen LogP contribution in [-0.2, 0) is 6.42 Å². The predicted molar refractivity (Wildman–Crippen MR) is 82.0 cm³/mol. The second kappa shape index (κ2) is 4.24. The van der Waals surface area contributed by atoms with Crippen molar-refractivity contribution < 1.29 is 4.79 Å². The number of fused-ring (bicyclic) bond motifs is 1. The highest BCUT2D eigenvalue weighted by Gasteiger charge is 2.64. The third-order valence-corrected chi connectivity index (χ3v) is 5.86. The van der Waals surface area contributed by atoms with E-state index in [1.165, 1.54) is 11.3 Å². The zero-order valence-electron chi connectivity index (χ0n) is 12.8. The van der Waals surface area contributed by atoms with Gasteiger partial charge in [0.15, 0.2) is 0 Å². The summed E-state index contributed by atoms with van der Waals surface area (Å²) in [5.41, 5.74) is 3.85. The lowest BCUT2D eigenvalue weighted by Gasteiger charge is -2.08. The van der Waals surface area contributed by atoms with Gasteiger partial charge in [-0.25, -0.2) is 0 Å². The molecule has 3 rings (SSSR count). The van der Waals surface area contributed by atoms with E-state index in [9.17, 15) is 4.79 Å². The molecule has 3 nitrogen and oxygen atoms in total. The molecule has 3 heteroatoms. The average Bonchev–Trinajstić information content (AvgIpc) is 2.75. The maximum Gasteiger partial charge on any atom is 0.251 e. The molecular formula is C17H24N2O.